The molecule has 1 unspecified atom stereocenters. The molecular formula is C27H41N3O5S. The van der Waals surface area contributed by atoms with Crippen molar-refractivity contribution in [1.29, 1.82) is 0 Å². The van der Waals surface area contributed by atoms with Gasteiger partial charge in [-0.15, -0.1) is 0 Å². The Hall–Kier alpha value is -1.97. The second-order valence-electron chi connectivity index (χ2n) is 12.0. The van der Waals surface area contributed by atoms with Gasteiger partial charge in [-0.25, -0.2) is 0 Å². The second kappa shape index (κ2) is 10.4. The van der Waals surface area contributed by atoms with Gasteiger partial charge in [-0.05, 0) is 76.6 Å². The van der Waals surface area contributed by atoms with Crippen LogP contribution in [0.25, 0.3) is 0 Å². The van der Waals surface area contributed by atoms with E-state index in [0.29, 0.717) is 12.3 Å². The number of carbonyl (C=O) groups is 2. The van der Waals surface area contributed by atoms with Crippen molar-refractivity contribution in [3.63, 3.8) is 0 Å². The maximum Gasteiger partial charge on any atom is 0.297 e. The monoisotopic (exact) mass is 519 g/mol. The smallest absolute Gasteiger partial charge is 0.297 e. The first-order chi connectivity index (χ1) is 16.9. The zero-order valence-corrected chi connectivity index (χ0v) is 22.8. The van der Waals surface area contributed by atoms with Gasteiger partial charge in [0.25, 0.3) is 10.1 Å². The predicted molar refractivity (Wildman–Crippen MR) is 138 cm³/mol. The normalized spacial score (nSPS) is 29.3. The summed E-state index contributed by atoms with van der Waals surface area (Å²) in [6.45, 7) is 10.8. The molecule has 1 aromatic carbocycles. The van der Waals surface area contributed by atoms with Gasteiger partial charge in [-0.3, -0.25) is 13.8 Å². The summed E-state index contributed by atoms with van der Waals surface area (Å²) in [5.74, 6) is 0.723. The molecule has 3 aliphatic heterocycles. The summed E-state index contributed by atoms with van der Waals surface area (Å²) in [5.41, 5.74) is 0.205. The zero-order chi connectivity index (χ0) is 26.1. The van der Waals surface area contributed by atoms with Crippen LogP contribution in [0, 0.1) is 23.7 Å². The molecule has 0 aliphatic carbocycles. The summed E-state index contributed by atoms with van der Waals surface area (Å²) in [7, 11) is -3.85. The third-order valence-corrected chi connectivity index (χ3v) is 9.61. The van der Waals surface area contributed by atoms with Gasteiger partial charge in [-0.1, -0.05) is 38.5 Å². The quantitative estimate of drug-likeness (QED) is 0.486. The van der Waals surface area contributed by atoms with Gasteiger partial charge in [-0.2, -0.15) is 8.42 Å². The number of rotatable bonds is 9. The molecule has 1 aromatic rings. The molecule has 3 fully saturated rings. The Morgan fingerprint density at radius 2 is 1.61 bits per heavy atom. The van der Waals surface area contributed by atoms with Crippen molar-refractivity contribution in [2.75, 3.05) is 26.2 Å². The van der Waals surface area contributed by atoms with E-state index in [2.05, 4.69) is 15.5 Å². The van der Waals surface area contributed by atoms with Crippen LogP contribution >= 0.6 is 0 Å². The van der Waals surface area contributed by atoms with Gasteiger partial charge in [0.05, 0.1) is 17.5 Å². The minimum atomic E-state index is -3.85. The number of aryl methyl sites for hydroxylation is 1. The minimum absolute atomic E-state index is 0.0131. The summed E-state index contributed by atoms with van der Waals surface area (Å²) < 4.78 is 30.3. The van der Waals surface area contributed by atoms with E-state index in [1.807, 2.05) is 27.7 Å². The SMILES string of the molecule is Cc1ccc(S(=O)(=O)OC[C@@H]2CC(C)(CCC3CCN(C[C@@H]4CC(C)(C)C(=O)N4)CC3)C(=O)N2)cc1. The maximum atomic E-state index is 12.8. The summed E-state index contributed by atoms with van der Waals surface area (Å²) in [6.07, 6.45) is 5.44. The Balaban J connectivity index is 1.20. The van der Waals surface area contributed by atoms with Crippen LogP contribution in [-0.2, 0) is 23.9 Å². The van der Waals surface area contributed by atoms with Gasteiger partial charge >= 0.3 is 0 Å². The number of carbonyl (C=O) groups excluding carboxylic acids is 2. The van der Waals surface area contributed by atoms with Crippen LogP contribution < -0.4 is 10.6 Å². The predicted octanol–water partition coefficient (Wildman–Crippen LogP) is 3.00. The highest BCUT2D eigenvalue weighted by Gasteiger charge is 2.44. The fraction of sp³-hybridized carbons (Fsp3) is 0.704. The van der Waals surface area contributed by atoms with Crippen molar-refractivity contribution < 1.29 is 22.2 Å². The first kappa shape index (κ1) is 27.1. The van der Waals surface area contributed by atoms with Gasteiger partial charge in [0, 0.05) is 23.4 Å². The fourth-order valence-corrected chi connectivity index (χ4v) is 6.80. The van der Waals surface area contributed by atoms with Crippen LogP contribution in [0.4, 0.5) is 0 Å². The molecule has 9 heteroatoms. The van der Waals surface area contributed by atoms with E-state index in [0.717, 1.165) is 57.3 Å². The number of benzene rings is 1. The highest BCUT2D eigenvalue weighted by Crippen LogP contribution is 2.38. The lowest BCUT2D eigenvalue weighted by Crippen LogP contribution is -2.42. The lowest BCUT2D eigenvalue weighted by Gasteiger charge is -2.34. The Morgan fingerprint density at radius 1 is 0.972 bits per heavy atom. The van der Waals surface area contributed by atoms with Crippen molar-refractivity contribution in [3.05, 3.63) is 29.8 Å². The molecule has 0 radical (unpaired) electrons. The lowest BCUT2D eigenvalue weighted by atomic mass is 9.78. The molecule has 2 amide bonds. The molecule has 0 spiro atoms. The molecule has 3 atom stereocenters. The molecule has 8 nitrogen and oxygen atoms in total. The number of amides is 2. The first-order valence-electron chi connectivity index (χ1n) is 13.2. The molecule has 0 bridgehead atoms. The van der Waals surface area contributed by atoms with Crippen molar-refractivity contribution >= 4 is 21.9 Å². The molecule has 4 rings (SSSR count). The van der Waals surface area contributed by atoms with Crippen LogP contribution in [0.15, 0.2) is 29.2 Å². The van der Waals surface area contributed by atoms with Gasteiger partial charge < -0.3 is 15.5 Å². The standard InChI is InChI=1S/C27H41N3O5S/c1-19-5-7-23(8-6-19)36(33,34)35-18-22-16-27(4,25(32)29-22)12-9-20-10-13-30(14-11-20)17-21-15-26(2,3)24(31)28-21/h5-8,20-22H,9-18H2,1-4H3,(H,28,31)(H,29,32)/t21-,22-,27?/m0/s1. The summed E-state index contributed by atoms with van der Waals surface area (Å²) >= 11 is 0. The van der Waals surface area contributed by atoms with E-state index < -0.39 is 15.5 Å². The second-order valence-corrected chi connectivity index (χ2v) is 13.6. The number of hydrogen-bond donors (Lipinski definition) is 2. The van der Waals surface area contributed by atoms with Crippen molar-refractivity contribution in [3.8, 4) is 0 Å². The van der Waals surface area contributed by atoms with Gasteiger partial charge in [0.2, 0.25) is 11.8 Å². The van der Waals surface area contributed by atoms with E-state index in [9.17, 15) is 18.0 Å². The Morgan fingerprint density at radius 3 is 2.22 bits per heavy atom. The van der Waals surface area contributed by atoms with E-state index in [1.165, 1.54) is 12.1 Å². The third kappa shape index (κ3) is 6.29. The number of nitrogens with one attached hydrogen (secondary N) is 2. The number of hydrogen-bond acceptors (Lipinski definition) is 6. The lowest BCUT2D eigenvalue weighted by molar-refractivity contribution is -0.127. The molecule has 3 heterocycles. The Bertz CT molecular complexity index is 1060. The Labute approximate surface area is 215 Å². The summed E-state index contributed by atoms with van der Waals surface area (Å²) in [6, 6.07) is 6.48. The number of likely N-dealkylation sites (tertiary alicyclic amines) is 1. The van der Waals surface area contributed by atoms with E-state index >= 15 is 0 Å². The third-order valence-electron chi connectivity index (χ3n) is 8.31. The number of nitrogens with zero attached hydrogens (tertiary/aromatic N) is 1. The minimum Gasteiger partial charge on any atom is -0.352 e. The van der Waals surface area contributed by atoms with Crippen LogP contribution in [0.5, 0.6) is 0 Å². The first-order valence-corrected chi connectivity index (χ1v) is 14.6. The average Bonchev–Trinajstić information content (AvgIpc) is 3.25. The molecule has 36 heavy (non-hydrogen) atoms. The zero-order valence-electron chi connectivity index (χ0n) is 22.0. The van der Waals surface area contributed by atoms with Crippen LogP contribution in [0.1, 0.15) is 64.9 Å². The molecule has 0 aromatic heterocycles. The van der Waals surface area contributed by atoms with Crippen molar-refractivity contribution in [2.24, 2.45) is 16.7 Å². The van der Waals surface area contributed by atoms with E-state index in [4.69, 9.17) is 4.18 Å². The molecule has 200 valence electrons. The fourth-order valence-electron chi connectivity index (χ4n) is 5.85. The van der Waals surface area contributed by atoms with Crippen molar-refractivity contribution in [2.45, 2.75) is 83.2 Å². The van der Waals surface area contributed by atoms with Crippen LogP contribution in [0.3, 0.4) is 0 Å². The maximum absolute atomic E-state index is 12.8. The molecule has 3 aliphatic rings. The Kier molecular flexibility index (Phi) is 7.84. The van der Waals surface area contributed by atoms with Crippen LogP contribution in [-0.4, -0.2) is 63.5 Å². The average molecular weight is 520 g/mol. The van der Waals surface area contributed by atoms with E-state index in [-0.39, 0.29) is 40.8 Å². The summed E-state index contributed by atoms with van der Waals surface area (Å²) in [4.78, 5) is 27.4. The van der Waals surface area contributed by atoms with Crippen LogP contribution in [0.2, 0.25) is 0 Å². The van der Waals surface area contributed by atoms with E-state index in [1.54, 1.807) is 12.1 Å². The molecule has 3 saturated heterocycles. The topological polar surface area (TPSA) is 105 Å². The van der Waals surface area contributed by atoms with Crippen molar-refractivity contribution in [1.82, 2.24) is 15.5 Å². The highest BCUT2D eigenvalue weighted by atomic mass is 32.2. The highest BCUT2D eigenvalue weighted by molar-refractivity contribution is 7.86. The molecular weight excluding hydrogens is 478 g/mol. The summed E-state index contributed by atoms with van der Waals surface area (Å²) in [5, 5.41) is 6.09. The largest absolute Gasteiger partial charge is 0.352 e. The van der Waals surface area contributed by atoms with Gasteiger partial charge in [0.15, 0.2) is 0 Å². The number of piperidine rings is 1. The molecule has 0 saturated carbocycles. The van der Waals surface area contributed by atoms with Gasteiger partial charge in [0.1, 0.15) is 0 Å². The molecule has 2 N–H and O–H groups in total.